The topological polar surface area (TPSA) is 32.9 Å². The number of benzene rings is 1. The largest absolute Gasteiger partial charge is 0.352 e. The van der Waals surface area contributed by atoms with Crippen LogP contribution in [0.2, 0.25) is 5.02 Å². The first-order valence-electron chi connectivity index (χ1n) is 4.53. The number of ketones is 1. The number of aromatic nitrogens is 1. The van der Waals surface area contributed by atoms with Gasteiger partial charge in [-0.2, -0.15) is 0 Å². The first-order valence-corrected chi connectivity index (χ1v) is 4.90. The molecule has 0 unspecified atom stereocenters. The number of aromatic amines is 1. The fourth-order valence-electron chi connectivity index (χ4n) is 1.46. The van der Waals surface area contributed by atoms with Gasteiger partial charge in [-0.25, -0.2) is 0 Å². The molecule has 0 saturated carbocycles. The molecule has 2 rings (SSSR count). The summed E-state index contributed by atoms with van der Waals surface area (Å²) in [6.07, 6.45) is 0.504. The number of fused-ring (bicyclic) bond motifs is 1. The summed E-state index contributed by atoms with van der Waals surface area (Å²) in [4.78, 5) is 14.5. The molecule has 1 aromatic heterocycles. The van der Waals surface area contributed by atoms with E-state index in [0.29, 0.717) is 17.1 Å². The number of carbonyl (C=O) groups excluding carboxylic acids is 1. The standard InChI is InChI=1S/C11H10ClNO/c1-2-11(14)10-6-7-8(12)4-3-5-9(7)13-10/h3-6,13H,2H2,1H3. The van der Waals surface area contributed by atoms with E-state index < -0.39 is 0 Å². The van der Waals surface area contributed by atoms with Crippen molar-refractivity contribution in [2.24, 2.45) is 0 Å². The van der Waals surface area contributed by atoms with Crippen LogP contribution in [0.1, 0.15) is 23.8 Å². The number of rotatable bonds is 2. The van der Waals surface area contributed by atoms with E-state index in [1.807, 2.05) is 31.2 Å². The number of H-pyrrole nitrogens is 1. The maximum absolute atomic E-state index is 11.4. The fraction of sp³-hybridized carbons (Fsp3) is 0.182. The van der Waals surface area contributed by atoms with Gasteiger partial charge >= 0.3 is 0 Å². The first kappa shape index (κ1) is 9.28. The van der Waals surface area contributed by atoms with Crippen molar-refractivity contribution < 1.29 is 4.79 Å². The van der Waals surface area contributed by atoms with Gasteiger partial charge in [0.25, 0.3) is 0 Å². The van der Waals surface area contributed by atoms with Crippen LogP contribution in [0, 0.1) is 0 Å². The van der Waals surface area contributed by atoms with Gasteiger partial charge in [0.2, 0.25) is 0 Å². The van der Waals surface area contributed by atoms with Crippen molar-refractivity contribution in [3.63, 3.8) is 0 Å². The molecule has 0 atom stereocenters. The number of hydrogen-bond donors (Lipinski definition) is 1. The van der Waals surface area contributed by atoms with E-state index in [-0.39, 0.29) is 5.78 Å². The highest BCUT2D eigenvalue weighted by Gasteiger charge is 2.08. The molecule has 0 bridgehead atoms. The Hall–Kier alpha value is -1.28. The van der Waals surface area contributed by atoms with Gasteiger partial charge in [-0.15, -0.1) is 0 Å². The van der Waals surface area contributed by atoms with E-state index in [9.17, 15) is 4.79 Å². The maximum Gasteiger partial charge on any atom is 0.178 e. The van der Waals surface area contributed by atoms with Crippen LogP contribution in [-0.4, -0.2) is 10.8 Å². The highest BCUT2D eigenvalue weighted by Crippen LogP contribution is 2.24. The molecule has 2 aromatic rings. The second kappa shape index (κ2) is 3.46. The van der Waals surface area contributed by atoms with Crippen molar-refractivity contribution in [3.05, 3.63) is 35.0 Å². The van der Waals surface area contributed by atoms with Gasteiger partial charge in [-0.05, 0) is 18.2 Å². The molecule has 2 nitrogen and oxygen atoms in total. The Balaban J connectivity index is 2.62. The molecule has 1 heterocycles. The van der Waals surface area contributed by atoms with Crippen LogP contribution >= 0.6 is 11.6 Å². The molecule has 72 valence electrons. The summed E-state index contributed by atoms with van der Waals surface area (Å²) < 4.78 is 0. The average molecular weight is 208 g/mol. The third-order valence-electron chi connectivity index (χ3n) is 2.23. The summed E-state index contributed by atoms with van der Waals surface area (Å²) in [6.45, 7) is 1.84. The molecule has 0 aliphatic rings. The number of carbonyl (C=O) groups is 1. The summed E-state index contributed by atoms with van der Waals surface area (Å²) in [5.74, 6) is 0.109. The van der Waals surface area contributed by atoms with E-state index in [1.54, 1.807) is 0 Å². The molecule has 0 aliphatic heterocycles. The van der Waals surface area contributed by atoms with Crippen molar-refractivity contribution >= 4 is 28.3 Å². The number of halogens is 1. The Labute approximate surface area is 86.9 Å². The van der Waals surface area contributed by atoms with E-state index in [0.717, 1.165) is 10.9 Å². The van der Waals surface area contributed by atoms with Gasteiger partial charge in [0.05, 0.1) is 5.69 Å². The molecule has 3 heteroatoms. The molecule has 14 heavy (non-hydrogen) atoms. The Morgan fingerprint density at radius 2 is 2.29 bits per heavy atom. The molecular formula is C11H10ClNO. The minimum atomic E-state index is 0.109. The molecule has 1 N–H and O–H groups in total. The minimum absolute atomic E-state index is 0.109. The summed E-state index contributed by atoms with van der Waals surface area (Å²) >= 11 is 5.99. The lowest BCUT2D eigenvalue weighted by molar-refractivity contribution is 0.0984. The number of Topliss-reactive ketones (excluding diaryl/α,β-unsaturated/α-hetero) is 1. The minimum Gasteiger partial charge on any atom is -0.352 e. The monoisotopic (exact) mass is 207 g/mol. The lowest BCUT2D eigenvalue weighted by Gasteiger charge is -1.90. The van der Waals surface area contributed by atoms with Crippen LogP contribution in [0.5, 0.6) is 0 Å². The molecule has 0 aliphatic carbocycles. The second-order valence-electron chi connectivity index (χ2n) is 3.16. The lowest BCUT2D eigenvalue weighted by Crippen LogP contribution is -1.95. The van der Waals surface area contributed by atoms with Crippen LogP contribution in [0.3, 0.4) is 0 Å². The van der Waals surface area contributed by atoms with E-state index >= 15 is 0 Å². The van der Waals surface area contributed by atoms with Gasteiger partial charge < -0.3 is 4.98 Å². The van der Waals surface area contributed by atoms with Crippen LogP contribution in [-0.2, 0) is 0 Å². The van der Waals surface area contributed by atoms with Gasteiger partial charge in [0.1, 0.15) is 0 Å². The molecule has 0 radical (unpaired) electrons. The van der Waals surface area contributed by atoms with Crippen molar-refractivity contribution in [2.75, 3.05) is 0 Å². The van der Waals surface area contributed by atoms with Crippen molar-refractivity contribution in [1.29, 1.82) is 0 Å². The number of nitrogens with one attached hydrogen (secondary N) is 1. The number of hydrogen-bond acceptors (Lipinski definition) is 1. The predicted molar refractivity (Wildman–Crippen MR) is 57.9 cm³/mol. The zero-order valence-electron chi connectivity index (χ0n) is 7.80. The predicted octanol–water partition coefficient (Wildman–Crippen LogP) is 3.41. The van der Waals surface area contributed by atoms with Gasteiger partial charge in [-0.3, -0.25) is 4.79 Å². The Morgan fingerprint density at radius 1 is 1.50 bits per heavy atom. The van der Waals surface area contributed by atoms with Crippen LogP contribution in [0.25, 0.3) is 10.9 Å². The summed E-state index contributed by atoms with van der Waals surface area (Å²) in [5, 5.41) is 1.58. The maximum atomic E-state index is 11.4. The Kier molecular flexibility index (Phi) is 2.30. The summed E-state index contributed by atoms with van der Waals surface area (Å²) in [6, 6.07) is 7.40. The SMILES string of the molecule is CCC(=O)c1cc2c(Cl)cccc2[nH]1. The molecule has 0 fully saturated rings. The van der Waals surface area contributed by atoms with E-state index in [1.165, 1.54) is 0 Å². The summed E-state index contributed by atoms with van der Waals surface area (Å²) in [7, 11) is 0. The van der Waals surface area contributed by atoms with E-state index in [4.69, 9.17) is 11.6 Å². The van der Waals surface area contributed by atoms with Gasteiger partial charge in [0, 0.05) is 22.3 Å². The third-order valence-corrected chi connectivity index (χ3v) is 2.56. The first-order chi connectivity index (χ1) is 6.72. The third kappa shape index (κ3) is 1.42. The van der Waals surface area contributed by atoms with Crippen LogP contribution in [0.4, 0.5) is 0 Å². The zero-order chi connectivity index (χ0) is 10.1. The molecule has 0 saturated heterocycles. The summed E-state index contributed by atoms with van der Waals surface area (Å²) in [5.41, 5.74) is 1.55. The van der Waals surface area contributed by atoms with E-state index in [2.05, 4.69) is 4.98 Å². The van der Waals surface area contributed by atoms with Crippen molar-refractivity contribution in [1.82, 2.24) is 4.98 Å². The Bertz CT molecular complexity index is 487. The lowest BCUT2D eigenvalue weighted by atomic mass is 10.2. The quantitative estimate of drug-likeness (QED) is 0.753. The normalized spacial score (nSPS) is 10.7. The zero-order valence-corrected chi connectivity index (χ0v) is 8.56. The molecule has 0 spiro atoms. The highest BCUT2D eigenvalue weighted by atomic mass is 35.5. The van der Waals surface area contributed by atoms with Crippen molar-refractivity contribution in [3.8, 4) is 0 Å². The second-order valence-corrected chi connectivity index (χ2v) is 3.57. The van der Waals surface area contributed by atoms with Gasteiger partial charge in [-0.1, -0.05) is 24.6 Å². The highest BCUT2D eigenvalue weighted by molar-refractivity contribution is 6.35. The molecule has 0 amide bonds. The van der Waals surface area contributed by atoms with Gasteiger partial charge in [0.15, 0.2) is 5.78 Å². The smallest absolute Gasteiger partial charge is 0.178 e. The molecular weight excluding hydrogens is 198 g/mol. The fourth-order valence-corrected chi connectivity index (χ4v) is 1.69. The average Bonchev–Trinajstić information content (AvgIpc) is 2.62. The van der Waals surface area contributed by atoms with Crippen molar-refractivity contribution in [2.45, 2.75) is 13.3 Å². The van der Waals surface area contributed by atoms with Crippen LogP contribution < -0.4 is 0 Å². The van der Waals surface area contributed by atoms with Crippen LogP contribution in [0.15, 0.2) is 24.3 Å². The Morgan fingerprint density at radius 3 is 2.93 bits per heavy atom. The molecule has 1 aromatic carbocycles.